The van der Waals surface area contributed by atoms with E-state index in [1.807, 2.05) is 0 Å². The largest absolute Gasteiger partial charge is 0.507 e. The molecule has 138 valence electrons. The number of rotatable bonds is 3. The summed E-state index contributed by atoms with van der Waals surface area (Å²) in [5.41, 5.74) is 0.143. The van der Waals surface area contributed by atoms with E-state index in [1.54, 1.807) is 6.07 Å². The molecule has 1 aliphatic rings. The van der Waals surface area contributed by atoms with Gasteiger partial charge >= 0.3 is 0 Å². The molecular formula is C17H16BrFN2O4S. The first-order valence-corrected chi connectivity index (χ1v) is 10.1. The number of sulfonamides is 1. The quantitative estimate of drug-likeness (QED) is 0.791. The second-order valence-corrected chi connectivity index (χ2v) is 8.61. The number of benzene rings is 2. The van der Waals surface area contributed by atoms with Crippen LogP contribution in [0, 0.1) is 5.82 Å². The molecule has 9 heteroatoms. The average Bonchev–Trinajstić information content (AvgIpc) is 2.63. The highest BCUT2D eigenvalue weighted by Crippen LogP contribution is 2.25. The van der Waals surface area contributed by atoms with E-state index in [0.29, 0.717) is 4.47 Å². The zero-order chi connectivity index (χ0) is 18.9. The minimum atomic E-state index is -3.96. The highest BCUT2D eigenvalue weighted by atomic mass is 79.9. The monoisotopic (exact) mass is 442 g/mol. The maximum Gasteiger partial charge on any atom is 0.257 e. The van der Waals surface area contributed by atoms with E-state index in [4.69, 9.17) is 0 Å². The topological polar surface area (TPSA) is 77.9 Å². The fraction of sp³-hybridized carbons (Fsp3) is 0.235. The van der Waals surface area contributed by atoms with Gasteiger partial charge in [0, 0.05) is 30.7 Å². The highest BCUT2D eigenvalue weighted by molar-refractivity contribution is 9.10. The SMILES string of the molecule is O=C(c1cc(Br)ccc1O)N1CCN(S(=O)(=O)c2ccccc2F)CC1. The summed E-state index contributed by atoms with van der Waals surface area (Å²) >= 11 is 3.25. The van der Waals surface area contributed by atoms with Gasteiger partial charge in [-0.15, -0.1) is 0 Å². The zero-order valence-corrected chi connectivity index (χ0v) is 16.0. The van der Waals surface area contributed by atoms with Crippen molar-refractivity contribution < 1.29 is 22.7 Å². The van der Waals surface area contributed by atoms with Crippen LogP contribution < -0.4 is 0 Å². The Morgan fingerprint density at radius 2 is 1.73 bits per heavy atom. The Kier molecular flexibility index (Phi) is 5.31. The van der Waals surface area contributed by atoms with E-state index in [-0.39, 0.29) is 48.3 Å². The van der Waals surface area contributed by atoms with Crippen molar-refractivity contribution in [3.8, 4) is 5.75 Å². The van der Waals surface area contributed by atoms with Crippen molar-refractivity contribution in [2.45, 2.75) is 4.90 Å². The molecule has 2 aromatic carbocycles. The van der Waals surface area contributed by atoms with Crippen LogP contribution in [0.5, 0.6) is 5.75 Å². The van der Waals surface area contributed by atoms with Gasteiger partial charge in [-0.25, -0.2) is 12.8 Å². The number of piperazine rings is 1. The lowest BCUT2D eigenvalue weighted by molar-refractivity contribution is 0.0694. The molecule has 6 nitrogen and oxygen atoms in total. The molecule has 1 fully saturated rings. The molecule has 1 amide bonds. The van der Waals surface area contributed by atoms with Crippen molar-refractivity contribution in [2.24, 2.45) is 0 Å². The molecule has 2 aromatic rings. The third-order valence-corrected chi connectivity index (χ3v) is 6.59. The van der Waals surface area contributed by atoms with Crippen molar-refractivity contribution in [2.75, 3.05) is 26.2 Å². The summed E-state index contributed by atoms with van der Waals surface area (Å²) in [5.74, 6) is -1.32. The first-order valence-electron chi connectivity index (χ1n) is 7.83. The van der Waals surface area contributed by atoms with Gasteiger partial charge in [-0.2, -0.15) is 4.31 Å². The van der Waals surface area contributed by atoms with Gasteiger partial charge in [-0.3, -0.25) is 4.79 Å². The Bertz CT molecular complexity index is 944. The predicted octanol–water partition coefficient (Wildman–Crippen LogP) is 2.44. The lowest BCUT2D eigenvalue weighted by Gasteiger charge is -2.34. The maximum absolute atomic E-state index is 13.8. The summed E-state index contributed by atoms with van der Waals surface area (Å²) in [6.45, 7) is 0.408. The minimum Gasteiger partial charge on any atom is -0.507 e. The molecule has 1 aliphatic heterocycles. The summed E-state index contributed by atoms with van der Waals surface area (Å²) < 4.78 is 40.8. The summed E-state index contributed by atoms with van der Waals surface area (Å²) in [6, 6.07) is 9.76. The van der Waals surface area contributed by atoms with Gasteiger partial charge in [0.15, 0.2) is 0 Å². The average molecular weight is 443 g/mol. The molecule has 0 unspecified atom stereocenters. The van der Waals surface area contributed by atoms with Crippen molar-refractivity contribution in [3.63, 3.8) is 0 Å². The molecule has 3 rings (SSSR count). The van der Waals surface area contributed by atoms with Gasteiger partial charge in [-0.05, 0) is 30.3 Å². The van der Waals surface area contributed by atoms with Gasteiger partial charge in [0.05, 0.1) is 5.56 Å². The number of halogens is 2. The Labute approximate surface area is 159 Å². The van der Waals surface area contributed by atoms with Crippen LogP contribution in [0.4, 0.5) is 4.39 Å². The third-order valence-electron chi connectivity index (χ3n) is 4.17. The maximum atomic E-state index is 13.8. The molecule has 0 aromatic heterocycles. The molecule has 0 aliphatic carbocycles. The number of carbonyl (C=O) groups is 1. The number of carbonyl (C=O) groups excluding carboxylic acids is 1. The molecule has 0 bridgehead atoms. The van der Waals surface area contributed by atoms with Crippen LogP contribution in [0.3, 0.4) is 0 Å². The van der Waals surface area contributed by atoms with Crippen LogP contribution in [0.15, 0.2) is 51.8 Å². The summed E-state index contributed by atoms with van der Waals surface area (Å²) in [7, 11) is -3.96. The van der Waals surface area contributed by atoms with Gasteiger partial charge in [-0.1, -0.05) is 28.1 Å². The number of phenolic OH excluding ortho intramolecular Hbond substituents is 1. The Morgan fingerprint density at radius 1 is 1.08 bits per heavy atom. The van der Waals surface area contributed by atoms with E-state index < -0.39 is 15.8 Å². The van der Waals surface area contributed by atoms with Crippen molar-refractivity contribution in [1.82, 2.24) is 9.21 Å². The second-order valence-electron chi connectivity index (χ2n) is 5.79. The Hall–Kier alpha value is -1.97. The van der Waals surface area contributed by atoms with Gasteiger partial charge in [0.1, 0.15) is 16.5 Å². The summed E-state index contributed by atoms with van der Waals surface area (Å²) in [4.78, 5) is 13.7. The van der Waals surface area contributed by atoms with Gasteiger partial charge in [0.25, 0.3) is 5.91 Å². The van der Waals surface area contributed by atoms with Crippen LogP contribution in [0.1, 0.15) is 10.4 Å². The van der Waals surface area contributed by atoms with Crippen LogP contribution in [0.25, 0.3) is 0 Å². The molecule has 1 N–H and O–H groups in total. The van der Waals surface area contributed by atoms with E-state index in [2.05, 4.69) is 15.9 Å². The molecule has 1 saturated heterocycles. The lowest BCUT2D eigenvalue weighted by Crippen LogP contribution is -2.50. The molecule has 0 atom stereocenters. The predicted molar refractivity (Wildman–Crippen MR) is 96.9 cm³/mol. The first-order chi connectivity index (χ1) is 12.3. The number of phenols is 1. The lowest BCUT2D eigenvalue weighted by atomic mass is 10.1. The highest BCUT2D eigenvalue weighted by Gasteiger charge is 2.32. The number of hydrogen-bond acceptors (Lipinski definition) is 4. The fourth-order valence-corrected chi connectivity index (χ4v) is 4.62. The van der Waals surface area contributed by atoms with E-state index in [0.717, 1.165) is 10.4 Å². The second kappa shape index (κ2) is 7.34. The molecule has 0 radical (unpaired) electrons. The number of nitrogens with zero attached hydrogens (tertiary/aromatic N) is 2. The third kappa shape index (κ3) is 3.60. The number of hydrogen-bond donors (Lipinski definition) is 1. The van der Waals surface area contributed by atoms with E-state index >= 15 is 0 Å². The van der Waals surface area contributed by atoms with E-state index in [9.17, 15) is 22.7 Å². The number of aromatic hydroxyl groups is 1. The Morgan fingerprint density at radius 3 is 2.38 bits per heavy atom. The molecular weight excluding hydrogens is 427 g/mol. The fourth-order valence-electron chi connectivity index (χ4n) is 2.77. The molecule has 0 spiro atoms. The first kappa shape index (κ1) is 18.8. The molecule has 1 heterocycles. The zero-order valence-electron chi connectivity index (χ0n) is 13.6. The van der Waals surface area contributed by atoms with Crippen LogP contribution in [-0.4, -0.2) is 54.8 Å². The molecule has 0 saturated carbocycles. The Balaban J connectivity index is 1.74. The van der Waals surface area contributed by atoms with Crippen LogP contribution in [-0.2, 0) is 10.0 Å². The van der Waals surface area contributed by atoms with Crippen LogP contribution >= 0.6 is 15.9 Å². The van der Waals surface area contributed by atoms with Crippen molar-refractivity contribution in [1.29, 1.82) is 0 Å². The standard InChI is InChI=1S/C17H16BrFN2O4S/c18-12-5-6-15(22)13(11-12)17(23)20-7-9-21(10-8-20)26(24,25)16-4-2-1-3-14(16)19/h1-6,11,22H,7-10H2. The minimum absolute atomic E-state index is 0.0528. The van der Waals surface area contributed by atoms with Gasteiger partial charge in [0.2, 0.25) is 10.0 Å². The normalized spacial score (nSPS) is 15.8. The van der Waals surface area contributed by atoms with Crippen LogP contribution in [0.2, 0.25) is 0 Å². The van der Waals surface area contributed by atoms with Crippen molar-refractivity contribution in [3.05, 3.63) is 58.3 Å². The smallest absolute Gasteiger partial charge is 0.257 e. The van der Waals surface area contributed by atoms with E-state index in [1.165, 1.54) is 35.2 Å². The summed E-state index contributed by atoms with van der Waals surface area (Å²) in [5, 5.41) is 9.88. The van der Waals surface area contributed by atoms with Crippen molar-refractivity contribution >= 4 is 31.9 Å². The summed E-state index contributed by atoms with van der Waals surface area (Å²) in [6.07, 6.45) is 0. The molecule has 26 heavy (non-hydrogen) atoms. The number of amides is 1. The van der Waals surface area contributed by atoms with Gasteiger partial charge < -0.3 is 10.0 Å².